The van der Waals surface area contributed by atoms with Crippen LogP contribution in [0.25, 0.3) is 5.65 Å². The van der Waals surface area contributed by atoms with Gasteiger partial charge in [0, 0.05) is 24.2 Å². The number of nitrogens with one attached hydrogen (secondary N) is 1. The normalized spacial score (nSPS) is 15.2. The molecule has 0 radical (unpaired) electrons. The summed E-state index contributed by atoms with van der Waals surface area (Å²) in [5.74, 6) is -0.664. The number of imidazole rings is 1. The quantitative estimate of drug-likeness (QED) is 0.618. The van der Waals surface area contributed by atoms with Gasteiger partial charge in [-0.25, -0.2) is 19.2 Å². The predicted octanol–water partition coefficient (Wildman–Crippen LogP) is 4.61. The summed E-state index contributed by atoms with van der Waals surface area (Å²) < 4.78 is 21.8. The van der Waals surface area contributed by atoms with Crippen molar-refractivity contribution in [3.8, 4) is 0 Å². The number of aryl methyl sites for hydroxylation is 1. The summed E-state index contributed by atoms with van der Waals surface area (Å²) >= 11 is 1.15. The first-order chi connectivity index (χ1) is 15.1. The highest BCUT2D eigenvalue weighted by molar-refractivity contribution is 7.14. The SMILES string of the molecule is Cc1cn2cc(NC(=O)c3sc(C4CCN(C(=O)OC(C)(C)C)CC4)cc3F)ncc2n1. The lowest BCUT2D eigenvalue weighted by molar-refractivity contribution is 0.0205. The Balaban J connectivity index is 1.40. The van der Waals surface area contributed by atoms with Gasteiger partial charge < -0.3 is 19.4 Å². The van der Waals surface area contributed by atoms with Crippen molar-refractivity contribution in [3.05, 3.63) is 45.9 Å². The molecule has 1 fully saturated rings. The highest BCUT2D eigenvalue weighted by Crippen LogP contribution is 2.35. The van der Waals surface area contributed by atoms with Crippen LogP contribution < -0.4 is 5.32 Å². The average Bonchev–Trinajstić information content (AvgIpc) is 3.28. The fourth-order valence-corrected chi connectivity index (χ4v) is 4.78. The Morgan fingerprint density at radius 1 is 1.25 bits per heavy atom. The Labute approximate surface area is 189 Å². The summed E-state index contributed by atoms with van der Waals surface area (Å²) in [6, 6.07) is 1.43. The molecular formula is C22H26FN5O3S. The van der Waals surface area contributed by atoms with Crippen LogP contribution in [0, 0.1) is 12.7 Å². The maximum absolute atomic E-state index is 14.6. The summed E-state index contributed by atoms with van der Waals surface area (Å²) in [6.45, 7) is 8.45. The zero-order chi connectivity index (χ0) is 23.0. The molecule has 8 nitrogen and oxygen atoms in total. The molecule has 1 aliphatic heterocycles. The van der Waals surface area contributed by atoms with Crippen LogP contribution in [-0.2, 0) is 4.74 Å². The van der Waals surface area contributed by atoms with E-state index in [0.29, 0.717) is 37.4 Å². The molecule has 3 aromatic rings. The molecule has 0 atom stereocenters. The van der Waals surface area contributed by atoms with Crippen molar-refractivity contribution in [2.45, 2.75) is 52.1 Å². The van der Waals surface area contributed by atoms with Crippen LogP contribution >= 0.6 is 11.3 Å². The Hall–Kier alpha value is -3.01. The van der Waals surface area contributed by atoms with Crippen molar-refractivity contribution < 1.29 is 18.7 Å². The van der Waals surface area contributed by atoms with Crippen LogP contribution in [0.1, 0.15) is 59.8 Å². The maximum Gasteiger partial charge on any atom is 0.410 e. The first-order valence-corrected chi connectivity index (χ1v) is 11.3. The predicted molar refractivity (Wildman–Crippen MR) is 120 cm³/mol. The second-order valence-corrected chi connectivity index (χ2v) is 10.0. The van der Waals surface area contributed by atoms with E-state index >= 15 is 0 Å². The number of hydrogen-bond acceptors (Lipinski definition) is 6. The van der Waals surface area contributed by atoms with Crippen LogP contribution in [0.5, 0.6) is 0 Å². The fraction of sp³-hybridized carbons (Fsp3) is 0.455. The molecule has 0 aliphatic carbocycles. The molecule has 1 saturated heterocycles. The van der Waals surface area contributed by atoms with E-state index in [2.05, 4.69) is 15.3 Å². The summed E-state index contributed by atoms with van der Waals surface area (Å²) in [6.07, 6.45) is 6.08. The van der Waals surface area contributed by atoms with Crippen LogP contribution in [0.3, 0.4) is 0 Å². The second kappa shape index (κ2) is 8.50. The van der Waals surface area contributed by atoms with Gasteiger partial charge in [0.05, 0.1) is 18.1 Å². The van der Waals surface area contributed by atoms with E-state index in [4.69, 9.17) is 4.74 Å². The van der Waals surface area contributed by atoms with Crippen molar-refractivity contribution in [2.24, 2.45) is 0 Å². The molecule has 0 saturated carbocycles. The van der Waals surface area contributed by atoms with Gasteiger partial charge in [-0.15, -0.1) is 11.3 Å². The first kappa shape index (κ1) is 22.2. The number of nitrogens with zero attached hydrogens (tertiary/aromatic N) is 4. The number of likely N-dealkylation sites (tertiary alicyclic amines) is 1. The molecule has 32 heavy (non-hydrogen) atoms. The van der Waals surface area contributed by atoms with Crippen LogP contribution in [0.4, 0.5) is 15.0 Å². The lowest BCUT2D eigenvalue weighted by Crippen LogP contribution is -2.41. The topological polar surface area (TPSA) is 88.8 Å². The molecule has 0 unspecified atom stereocenters. The maximum atomic E-state index is 14.6. The average molecular weight is 460 g/mol. The van der Waals surface area contributed by atoms with E-state index in [0.717, 1.165) is 21.9 Å². The number of aromatic nitrogens is 3. The van der Waals surface area contributed by atoms with E-state index in [1.54, 1.807) is 21.7 Å². The van der Waals surface area contributed by atoms with Crippen LogP contribution in [-0.4, -0.2) is 50.0 Å². The molecule has 4 rings (SSSR count). The van der Waals surface area contributed by atoms with Gasteiger partial charge in [0.2, 0.25) is 0 Å². The minimum atomic E-state index is -0.545. The number of carbonyl (C=O) groups excluding carboxylic acids is 2. The third-order valence-corrected chi connectivity index (χ3v) is 6.44. The molecule has 3 aromatic heterocycles. The number of piperidine rings is 1. The molecule has 1 N–H and O–H groups in total. The Morgan fingerprint density at radius 2 is 1.97 bits per heavy atom. The van der Waals surface area contributed by atoms with Gasteiger partial charge in [-0.1, -0.05) is 0 Å². The number of halogens is 1. The van der Waals surface area contributed by atoms with Gasteiger partial charge in [-0.05, 0) is 52.5 Å². The number of ether oxygens (including phenoxy) is 1. The van der Waals surface area contributed by atoms with Gasteiger partial charge in [0.25, 0.3) is 5.91 Å². The van der Waals surface area contributed by atoms with Gasteiger partial charge in [0.1, 0.15) is 22.1 Å². The van der Waals surface area contributed by atoms with Gasteiger partial charge in [-0.3, -0.25) is 4.79 Å². The monoisotopic (exact) mass is 459 g/mol. The Kier molecular flexibility index (Phi) is 5.89. The van der Waals surface area contributed by atoms with Gasteiger partial charge in [0.15, 0.2) is 5.65 Å². The number of carbonyl (C=O) groups is 2. The molecule has 0 bridgehead atoms. The van der Waals surface area contributed by atoms with Crippen molar-refractivity contribution >= 4 is 34.8 Å². The van der Waals surface area contributed by atoms with Gasteiger partial charge in [-0.2, -0.15) is 0 Å². The standard InChI is InChI=1S/C22H26FN5O3S/c1-13-11-28-12-17(24-10-18(28)25-13)26-20(29)19-15(23)9-16(32-19)14-5-7-27(8-6-14)21(30)31-22(2,3)4/h9-12,14H,5-8H2,1-4H3,(H,26,29). The van der Waals surface area contributed by atoms with E-state index < -0.39 is 17.3 Å². The zero-order valence-electron chi connectivity index (χ0n) is 18.5. The number of fused-ring (bicyclic) bond motifs is 1. The summed E-state index contributed by atoms with van der Waals surface area (Å²) in [7, 11) is 0. The number of rotatable bonds is 3. The second-order valence-electron chi connectivity index (χ2n) is 8.94. The summed E-state index contributed by atoms with van der Waals surface area (Å²) in [4.78, 5) is 35.9. The van der Waals surface area contributed by atoms with Crippen molar-refractivity contribution in [2.75, 3.05) is 18.4 Å². The molecule has 170 valence electrons. The first-order valence-electron chi connectivity index (χ1n) is 10.5. The third kappa shape index (κ3) is 4.90. The molecule has 4 heterocycles. The van der Waals surface area contributed by atoms with E-state index in [1.165, 1.54) is 6.07 Å². The molecule has 0 aromatic carbocycles. The molecule has 2 amide bonds. The number of anilines is 1. The lowest BCUT2D eigenvalue weighted by atomic mass is 9.95. The largest absolute Gasteiger partial charge is 0.444 e. The highest BCUT2D eigenvalue weighted by atomic mass is 32.1. The third-order valence-electron chi connectivity index (χ3n) is 5.16. The van der Waals surface area contributed by atoms with Gasteiger partial charge >= 0.3 is 6.09 Å². The minimum Gasteiger partial charge on any atom is -0.444 e. The Bertz CT molecular complexity index is 1160. The smallest absolute Gasteiger partial charge is 0.410 e. The van der Waals surface area contributed by atoms with E-state index in [1.807, 2.05) is 33.9 Å². The minimum absolute atomic E-state index is 0.0262. The molecule has 10 heteroatoms. The van der Waals surface area contributed by atoms with Crippen molar-refractivity contribution in [3.63, 3.8) is 0 Å². The Morgan fingerprint density at radius 3 is 2.66 bits per heavy atom. The number of amides is 2. The van der Waals surface area contributed by atoms with Crippen LogP contribution in [0.2, 0.25) is 0 Å². The summed E-state index contributed by atoms with van der Waals surface area (Å²) in [5.41, 5.74) is 0.966. The zero-order valence-corrected chi connectivity index (χ0v) is 19.3. The van der Waals surface area contributed by atoms with Crippen LogP contribution in [0.15, 0.2) is 24.7 Å². The van der Waals surface area contributed by atoms with E-state index in [9.17, 15) is 14.0 Å². The molecular weight excluding hydrogens is 433 g/mol. The van der Waals surface area contributed by atoms with Crippen molar-refractivity contribution in [1.29, 1.82) is 0 Å². The fourth-order valence-electron chi connectivity index (χ4n) is 3.68. The highest BCUT2D eigenvalue weighted by Gasteiger charge is 2.29. The lowest BCUT2D eigenvalue weighted by Gasteiger charge is -2.33. The number of hydrogen-bond donors (Lipinski definition) is 1. The number of thiophene rings is 1. The molecule has 1 aliphatic rings. The van der Waals surface area contributed by atoms with Crippen molar-refractivity contribution in [1.82, 2.24) is 19.3 Å². The van der Waals surface area contributed by atoms with E-state index in [-0.39, 0.29) is 16.9 Å². The molecule has 0 spiro atoms. The summed E-state index contributed by atoms with van der Waals surface area (Å²) in [5, 5.41) is 2.66.